The van der Waals surface area contributed by atoms with Gasteiger partial charge < -0.3 is 10.6 Å². The van der Waals surface area contributed by atoms with Gasteiger partial charge in [-0.05, 0) is 43.2 Å². The summed E-state index contributed by atoms with van der Waals surface area (Å²) >= 11 is 6.08. The van der Waals surface area contributed by atoms with E-state index < -0.39 is 0 Å². The van der Waals surface area contributed by atoms with Gasteiger partial charge in [-0.15, -0.1) is 0 Å². The second-order valence-corrected chi connectivity index (χ2v) is 7.85. The zero-order valence-electron chi connectivity index (χ0n) is 16.9. The number of rotatable bonds is 6. The van der Waals surface area contributed by atoms with E-state index >= 15 is 0 Å². The lowest BCUT2D eigenvalue weighted by atomic mass is 10.1. The Morgan fingerprint density at radius 2 is 1.41 bits per heavy atom. The van der Waals surface area contributed by atoms with Crippen LogP contribution in [-0.2, 0) is 9.59 Å². The molecule has 6 nitrogen and oxygen atoms in total. The zero-order chi connectivity index (χ0) is 20.8. The summed E-state index contributed by atoms with van der Waals surface area (Å²) in [6.07, 6.45) is 0. The number of amides is 2. The summed E-state index contributed by atoms with van der Waals surface area (Å²) in [5, 5.41) is 6.38. The van der Waals surface area contributed by atoms with Gasteiger partial charge in [-0.3, -0.25) is 19.4 Å². The van der Waals surface area contributed by atoms with Crippen LogP contribution < -0.4 is 10.6 Å². The molecule has 0 aromatic heterocycles. The first-order valence-electron chi connectivity index (χ1n) is 9.77. The highest BCUT2D eigenvalue weighted by Gasteiger charge is 2.21. The number of para-hydroxylation sites is 1. The lowest BCUT2D eigenvalue weighted by Crippen LogP contribution is -2.50. The average molecular weight is 415 g/mol. The Bertz CT molecular complexity index is 879. The van der Waals surface area contributed by atoms with Gasteiger partial charge >= 0.3 is 0 Å². The highest BCUT2D eigenvalue weighted by Crippen LogP contribution is 2.20. The van der Waals surface area contributed by atoms with Gasteiger partial charge in [0.25, 0.3) is 0 Å². The summed E-state index contributed by atoms with van der Waals surface area (Å²) in [6.45, 7) is 7.65. The molecule has 1 aliphatic heterocycles. The smallest absolute Gasteiger partial charge is 0.238 e. The quantitative estimate of drug-likeness (QED) is 0.762. The van der Waals surface area contributed by atoms with Crippen molar-refractivity contribution in [3.05, 3.63) is 58.6 Å². The topological polar surface area (TPSA) is 64.7 Å². The summed E-state index contributed by atoms with van der Waals surface area (Å²) < 4.78 is 0. The van der Waals surface area contributed by atoms with Crippen LogP contribution in [0, 0.1) is 13.8 Å². The third-order valence-electron chi connectivity index (χ3n) is 5.01. The highest BCUT2D eigenvalue weighted by atomic mass is 35.5. The molecule has 1 heterocycles. The normalized spacial score (nSPS) is 15.1. The molecule has 0 bridgehead atoms. The molecule has 0 radical (unpaired) electrons. The highest BCUT2D eigenvalue weighted by molar-refractivity contribution is 6.33. The van der Waals surface area contributed by atoms with Gasteiger partial charge in [0.15, 0.2) is 0 Å². The van der Waals surface area contributed by atoms with Gasteiger partial charge in [0.1, 0.15) is 0 Å². The van der Waals surface area contributed by atoms with Crippen LogP contribution in [0.4, 0.5) is 11.4 Å². The van der Waals surface area contributed by atoms with Crippen LogP contribution in [0.5, 0.6) is 0 Å². The van der Waals surface area contributed by atoms with Crippen molar-refractivity contribution >= 4 is 34.8 Å². The second-order valence-electron chi connectivity index (χ2n) is 7.45. The number of aryl methyl sites for hydroxylation is 2. The monoisotopic (exact) mass is 414 g/mol. The molecule has 1 saturated heterocycles. The molecule has 2 N–H and O–H groups in total. The molecule has 2 aromatic rings. The molecular formula is C22H27ClN4O2. The Morgan fingerprint density at radius 3 is 2.00 bits per heavy atom. The predicted octanol–water partition coefficient (Wildman–Crippen LogP) is 3.15. The summed E-state index contributed by atoms with van der Waals surface area (Å²) in [5.41, 5.74) is 3.67. The first kappa shape index (κ1) is 21.3. The molecule has 3 rings (SSSR count). The van der Waals surface area contributed by atoms with E-state index in [1.807, 2.05) is 44.2 Å². The van der Waals surface area contributed by atoms with Crippen LogP contribution in [0.2, 0.25) is 5.02 Å². The fourth-order valence-corrected chi connectivity index (χ4v) is 3.51. The number of hydrogen-bond donors (Lipinski definition) is 2. The third-order valence-corrected chi connectivity index (χ3v) is 5.34. The average Bonchev–Trinajstić information content (AvgIpc) is 2.68. The maximum atomic E-state index is 12.4. The van der Waals surface area contributed by atoms with Gasteiger partial charge in [0.05, 0.1) is 23.8 Å². The van der Waals surface area contributed by atoms with Crippen molar-refractivity contribution in [1.29, 1.82) is 0 Å². The maximum absolute atomic E-state index is 12.4. The molecule has 7 heteroatoms. The minimum Gasteiger partial charge on any atom is -0.325 e. The van der Waals surface area contributed by atoms with Crippen molar-refractivity contribution in [3.63, 3.8) is 0 Å². The zero-order valence-corrected chi connectivity index (χ0v) is 17.6. The van der Waals surface area contributed by atoms with Crippen LogP contribution in [0.3, 0.4) is 0 Å². The van der Waals surface area contributed by atoms with Crippen LogP contribution in [0.15, 0.2) is 42.5 Å². The summed E-state index contributed by atoms with van der Waals surface area (Å²) in [6, 6.07) is 13.2. The standard InChI is InChI=1S/C22H27ClN4O2/c1-16-7-8-17(2)20(13-16)25-22(29)15-27-11-9-26(10-12-27)14-21(28)24-19-6-4-3-5-18(19)23/h3-8,13H,9-12,14-15H2,1-2H3,(H,24,28)(H,25,29). The SMILES string of the molecule is Cc1ccc(C)c(NC(=O)CN2CCN(CC(=O)Nc3ccccc3Cl)CC2)c1. The molecule has 0 unspecified atom stereocenters. The molecule has 0 aliphatic carbocycles. The first-order valence-corrected chi connectivity index (χ1v) is 10.1. The van der Waals surface area contributed by atoms with Gasteiger partial charge in [0, 0.05) is 31.9 Å². The van der Waals surface area contributed by atoms with Gasteiger partial charge in [0.2, 0.25) is 11.8 Å². The van der Waals surface area contributed by atoms with E-state index in [0.29, 0.717) is 23.8 Å². The first-order chi connectivity index (χ1) is 13.9. The Labute approximate surface area is 176 Å². The fraction of sp³-hybridized carbons (Fsp3) is 0.364. The predicted molar refractivity (Wildman–Crippen MR) is 118 cm³/mol. The fourth-order valence-electron chi connectivity index (χ4n) is 3.32. The summed E-state index contributed by atoms with van der Waals surface area (Å²) in [7, 11) is 0. The molecule has 0 saturated carbocycles. The third kappa shape index (κ3) is 6.29. The van der Waals surface area contributed by atoms with E-state index in [4.69, 9.17) is 11.6 Å². The van der Waals surface area contributed by atoms with Crippen LogP contribution in [0.1, 0.15) is 11.1 Å². The Kier molecular flexibility index (Phi) is 7.25. The Balaban J connectivity index is 1.42. The van der Waals surface area contributed by atoms with Crippen molar-refractivity contribution in [2.75, 3.05) is 49.9 Å². The lowest BCUT2D eigenvalue weighted by Gasteiger charge is -2.33. The maximum Gasteiger partial charge on any atom is 0.238 e. The lowest BCUT2D eigenvalue weighted by molar-refractivity contribution is -0.120. The van der Waals surface area contributed by atoms with Crippen molar-refractivity contribution in [3.8, 4) is 0 Å². The molecule has 0 atom stereocenters. The Morgan fingerprint density at radius 1 is 0.862 bits per heavy atom. The van der Waals surface area contributed by atoms with Gasteiger partial charge in [-0.2, -0.15) is 0 Å². The number of benzene rings is 2. The van der Waals surface area contributed by atoms with E-state index in [9.17, 15) is 9.59 Å². The molecule has 1 aliphatic rings. The van der Waals surface area contributed by atoms with Crippen molar-refractivity contribution in [2.24, 2.45) is 0 Å². The van der Waals surface area contributed by atoms with E-state index in [0.717, 1.165) is 43.0 Å². The van der Waals surface area contributed by atoms with E-state index in [1.165, 1.54) is 0 Å². The summed E-state index contributed by atoms with van der Waals surface area (Å²) in [5.74, 6) is -0.0946. The van der Waals surface area contributed by atoms with Crippen LogP contribution in [-0.4, -0.2) is 60.9 Å². The molecule has 29 heavy (non-hydrogen) atoms. The number of anilines is 2. The van der Waals surface area contributed by atoms with Gasteiger partial charge in [-0.25, -0.2) is 0 Å². The van der Waals surface area contributed by atoms with Crippen molar-refractivity contribution < 1.29 is 9.59 Å². The van der Waals surface area contributed by atoms with Crippen LogP contribution >= 0.6 is 11.6 Å². The molecule has 2 aromatic carbocycles. The van der Waals surface area contributed by atoms with Crippen molar-refractivity contribution in [1.82, 2.24) is 9.80 Å². The second kappa shape index (κ2) is 9.87. The molecule has 154 valence electrons. The molecule has 1 fully saturated rings. The van der Waals surface area contributed by atoms with Gasteiger partial charge in [-0.1, -0.05) is 35.9 Å². The van der Waals surface area contributed by atoms with E-state index in [-0.39, 0.29) is 11.8 Å². The molecular weight excluding hydrogens is 388 g/mol. The Hall–Kier alpha value is -2.41. The van der Waals surface area contributed by atoms with E-state index in [2.05, 4.69) is 20.4 Å². The number of piperazine rings is 1. The minimum atomic E-state index is -0.0841. The number of hydrogen-bond acceptors (Lipinski definition) is 4. The number of halogens is 1. The van der Waals surface area contributed by atoms with Crippen molar-refractivity contribution in [2.45, 2.75) is 13.8 Å². The largest absolute Gasteiger partial charge is 0.325 e. The minimum absolute atomic E-state index is 0.0105. The number of carbonyl (C=O) groups excluding carboxylic acids is 2. The molecule has 0 spiro atoms. The number of carbonyl (C=O) groups is 2. The molecule has 2 amide bonds. The number of nitrogens with zero attached hydrogens (tertiary/aromatic N) is 2. The van der Waals surface area contributed by atoms with E-state index in [1.54, 1.807) is 12.1 Å². The van der Waals surface area contributed by atoms with Crippen LogP contribution in [0.25, 0.3) is 0 Å². The summed E-state index contributed by atoms with van der Waals surface area (Å²) in [4.78, 5) is 28.9. The number of nitrogens with one attached hydrogen (secondary N) is 2.